The van der Waals surface area contributed by atoms with Gasteiger partial charge in [0.2, 0.25) is 0 Å². The number of benzene rings is 1. The summed E-state index contributed by atoms with van der Waals surface area (Å²) in [6.45, 7) is 12.0. The summed E-state index contributed by atoms with van der Waals surface area (Å²) in [7, 11) is 0. The molecule has 0 radical (unpaired) electrons. The van der Waals surface area contributed by atoms with Crippen molar-refractivity contribution >= 4 is 11.9 Å². The number of hydrogen-bond donors (Lipinski definition) is 3. The van der Waals surface area contributed by atoms with Crippen LogP contribution < -0.4 is 10.6 Å². The van der Waals surface area contributed by atoms with Crippen LogP contribution in [-0.2, 0) is 6.54 Å². The molecule has 0 heterocycles. The van der Waals surface area contributed by atoms with Crippen LogP contribution in [0.4, 0.5) is 0 Å². The van der Waals surface area contributed by atoms with Gasteiger partial charge in [0.25, 0.3) is 5.91 Å². The number of guanidine groups is 1. The lowest BCUT2D eigenvalue weighted by Gasteiger charge is -2.19. The fraction of sp³-hybridized carbons (Fsp3) is 0.636. The first-order valence-electron chi connectivity index (χ1n) is 10.6. The molecule has 0 aromatic heterocycles. The van der Waals surface area contributed by atoms with E-state index in [1.54, 1.807) is 0 Å². The van der Waals surface area contributed by atoms with Gasteiger partial charge in [0, 0.05) is 38.3 Å². The number of rotatable bonds is 12. The normalized spacial score (nSPS) is 12.5. The zero-order chi connectivity index (χ0) is 20.8. The Kier molecular flexibility index (Phi) is 12.0. The van der Waals surface area contributed by atoms with Crippen molar-refractivity contribution in [1.82, 2.24) is 15.5 Å². The molecule has 1 rings (SSSR count). The number of hydrogen-bond acceptors (Lipinski definition) is 3. The summed E-state index contributed by atoms with van der Waals surface area (Å²) >= 11 is 0. The third-order valence-electron chi connectivity index (χ3n) is 4.81. The molecule has 1 atom stereocenters. The highest BCUT2D eigenvalue weighted by Gasteiger charge is 2.12. The first kappa shape index (κ1) is 24.0. The van der Waals surface area contributed by atoms with Crippen LogP contribution in [-0.4, -0.2) is 54.7 Å². The Bertz CT molecular complexity index is 577. The number of aliphatic imine (C=N–C) groups is 1. The molecule has 0 saturated heterocycles. The highest BCUT2D eigenvalue weighted by Crippen LogP contribution is 2.10. The van der Waals surface area contributed by atoms with Gasteiger partial charge in [-0.2, -0.15) is 0 Å². The van der Waals surface area contributed by atoms with E-state index >= 15 is 0 Å². The maximum atomic E-state index is 12.4. The van der Waals surface area contributed by atoms with E-state index in [1.165, 1.54) is 0 Å². The van der Waals surface area contributed by atoms with Crippen molar-refractivity contribution in [3.05, 3.63) is 35.4 Å². The van der Waals surface area contributed by atoms with Gasteiger partial charge >= 0.3 is 0 Å². The third-order valence-corrected chi connectivity index (χ3v) is 4.81. The number of aliphatic hydroxyl groups is 1. The smallest absolute Gasteiger partial charge is 0.253 e. The molecule has 1 amide bonds. The van der Waals surface area contributed by atoms with E-state index in [0.717, 1.165) is 43.9 Å². The van der Waals surface area contributed by atoms with Crippen molar-refractivity contribution in [2.45, 2.75) is 53.5 Å². The molecule has 0 saturated carbocycles. The molecule has 158 valence electrons. The topological polar surface area (TPSA) is 77.0 Å². The van der Waals surface area contributed by atoms with Crippen molar-refractivity contribution in [3.63, 3.8) is 0 Å². The van der Waals surface area contributed by atoms with Crippen LogP contribution in [0.1, 0.15) is 62.9 Å². The molecule has 3 N–H and O–H groups in total. The average Bonchev–Trinajstić information content (AvgIpc) is 2.71. The highest BCUT2D eigenvalue weighted by atomic mass is 16.3. The zero-order valence-corrected chi connectivity index (χ0v) is 18.0. The molecule has 28 heavy (non-hydrogen) atoms. The van der Waals surface area contributed by atoms with Crippen LogP contribution in [0.25, 0.3) is 0 Å². The summed E-state index contributed by atoms with van der Waals surface area (Å²) in [5.41, 5.74) is 1.78. The second-order valence-electron chi connectivity index (χ2n) is 6.92. The van der Waals surface area contributed by atoms with Gasteiger partial charge in [0.15, 0.2) is 5.96 Å². The largest absolute Gasteiger partial charge is 0.396 e. The van der Waals surface area contributed by atoms with E-state index < -0.39 is 0 Å². The lowest BCUT2D eigenvalue weighted by Crippen LogP contribution is -2.40. The summed E-state index contributed by atoms with van der Waals surface area (Å²) in [6, 6.07) is 7.69. The Morgan fingerprint density at radius 2 is 1.75 bits per heavy atom. The predicted octanol–water partition coefficient (Wildman–Crippen LogP) is 3.02. The Balaban J connectivity index is 2.69. The molecule has 6 nitrogen and oxygen atoms in total. The van der Waals surface area contributed by atoms with E-state index in [2.05, 4.69) is 22.5 Å². The summed E-state index contributed by atoms with van der Waals surface area (Å²) in [6.07, 6.45) is 3.01. The van der Waals surface area contributed by atoms with Crippen LogP contribution >= 0.6 is 0 Å². The molecule has 0 aliphatic carbocycles. The van der Waals surface area contributed by atoms with Gasteiger partial charge in [-0.25, -0.2) is 4.99 Å². The number of nitrogens with zero attached hydrogens (tertiary/aromatic N) is 2. The summed E-state index contributed by atoms with van der Waals surface area (Å²) in [5, 5.41) is 15.9. The van der Waals surface area contributed by atoms with Gasteiger partial charge in [-0.05, 0) is 57.2 Å². The number of carbonyl (C=O) groups excluding carboxylic acids is 1. The van der Waals surface area contributed by atoms with E-state index in [4.69, 9.17) is 0 Å². The predicted molar refractivity (Wildman–Crippen MR) is 117 cm³/mol. The van der Waals surface area contributed by atoms with Crippen LogP contribution in [0.15, 0.2) is 29.3 Å². The van der Waals surface area contributed by atoms with Gasteiger partial charge in [-0.15, -0.1) is 0 Å². The molecule has 0 bridgehead atoms. The molecule has 0 aliphatic rings. The Morgan fingerprint density at radius 1 is 1.07 bits per heavy atom. The quantitative estimate of drug-likeness (QED) is 0.379. The number of carbonyl (C=O) groups is 1. The summed E-state index contributed by atoms with van der Waals surface area (Å²) < 4.78 is 0. The molecule has 0 fully saturated rings. The molecule has 1 unspecified atom stereocenters. The van der Waals surface area contributed by atoms with Gasteiger partial charge in [-0.1, -0.05) is 25.5 Å². The lowest BCUT2D eigenvalue weighted by molar-refractivity contribution is 0.0773. The zero-order valence-electron chi connectivity index (χ0n) is 18.0. The molecule has 0 spiro atoms. The SMILES string of the molecule is CCCC(CCO)CNC(=NCc1ccc(C(=O)N(CC)CC)cc1)NCC. The van der Waals surface area contributed by atoms with Gasteiger partial charge in [0.1, 0.15) is 0 Å². The molecule has 0 aliphatic heterocycles. The van der Waals surface area contributed by atoms with Crippen molar-refractivity contribution < 1.29 is 9.90 Å². The highest BCUT2D eigenvalue weighted by molar-refractivity contribution is 5.94. The Morgan fingerprint density at radius 3 is 2.29 bits per heavy atom. The molecule has 1 aromatic carbocycles. The maximum Gasteiger partial charge on any atom is 0.253 e. The van der Waals surface area contributed by atoms with E-state index in [0.29, 0.717) is 31.1 Å². The lowest BCUT2D eigenvalue weighted by atomic mass is 10.0. The van der Waals surface area contributed by atoms with Crippen LogP contribution in [0.5, 0.6) is 0 Å². The molecule has 1 aromatic rings. The van der Waals surface area contributed by atoms with Crippen molar-refractivity contribution in [3.8, 4) is 0 Å². The Hall–Kier alpha value is -2.08. The van der Waals surface area contributed by atoms with Crippen LogP contribution in [0.2, 0.25) is 0 Å². The fourth-order valence-electron chi connectivity index (χ4n) is 3.14. The summed E-state index contributed by atoms with van der Waals surface area (Å²) in [5.74, 6) is 1.30. The van der Waals surface area contributed by atoms with Gasteiger partial charge < -0.3 is 20.6 Å². The maximum absolute atomic E-state index is 12.4. The monoisotopic (exact) mass is 390 g/mol. The molecular weight excluding hydrogens is 352 g/mol. The first-order chi connectivity index (χ1) is 13.6. The van der Waals surface area contributed by atoms with Crippen LogP contribution in [0.3, 0.4) is 0 Å². The van der Waals surface area contributed by atoms with E-state index in [1.807, 2.05) is 49.9 Å². The van der Waals surface area contributed by atoms with Crippen molar-refractivity contribution in [2.75, 3.05) is 32.8 Å². The second kappa shape index (κ2) is 14.0. The summed E-state index contributed by atoms with van der Waals surface area (Å²) in [4.78, 5) is 18.9. The Labute approximate surface area is 170 Å². The first-order valence-corrected chi connectivity index (χ1v) is 10.6. The third kappa shape index (κ3) is 8.30. The number of amides is 1. The van der Waals surface area contributed by atoms with E-state index in [9.17, 15) is 9.90 Å². The average molecular weight is 391 g/mol. The minimum absolute atomic E-state index is 0.0703. The standard InChI is InChI=1S/C22H38N4O2/c1-5-9-18(14-15-27)16-24-22(23-6-2)25-17-19-10-12-20(13-11-19)21(28)26(7-3)8-4/h10-13,18,27H,5-9,14-17H2,1-4H3,(H2,23,24,25). The number of aliphatic hydroxyl groups excluding tert-OH is 1. The number of nitrogens with one attached hydrogen (secondary N) is 2. The molecule has 6 heteroatoms. The van der Waals surface area contributed by atoms with E-state index in [-0.39, 0.29) is 12.5 Å². The molecular formula is C22H38N4O2. The fourth-order valence-corrected chi connectivity index (χ4v) is 3.14. The van der Waals surface area contributed by atoms with Gasteiger partial charge in [-0.3, -0.25) is 4.79 Å². The van der Waals surface area contributed by atoms with Crippen molar-refractivity contribution in [2.24, 2.45) is 10.9 Å². The van der Waals surface area contributed by atoms with Crippen LogP contribution in [0, 0.1) is 5.92 Å². The minimum Gasteiger partial charge on any atom is -0.396 e. The van der Waals surface area contributed by atoms with Crippen molar-refractivity contribution in [1.29, 1.82) is 0 Å². The second-order valence-corrected chi connectivity index (χ2v) is 6.92. The minimum atomic E-state index is 0.0703. The van der Waals surface area contributed by atoms with Gasteiger partial charge in [0.05, 0.1) is 6.54 Å².